The summed E-state index contributed by atoms with van der Waals surface area (Å²) in [6.07, 6.45) is 5.72. The summed E-state index contributed by atoms with van der Waals surface area (Å²) >= 11 is 0. The van der Waals surface area contributed by atoms with Crippen LogP contribution in [0.2, 0.25) is 0 Å². The lowest BCUT2D eigenvalue weighted by Gasteiger charge is -2.23. The van der Waals surface area contributed by atoms with Gasteiger partial charge in [-0.1, -0.05) is 18.2 Å². The van der Waals surface area contributed by atoms with Crippen LogP contribution in [0.25, 0.3) is 0 Å². The van der Waals surface area contributed by atoms with E-state index in [2.05, 4.69) is 36.9 Å². The Hall–Kier alpha value is -0.860. The smallest absolute Gasteiger partial charge is 0.0169 e. The second-order valence-electron chi connectivity index (χ2n) is 3.39. The minimum absolute atomic E-state index is 0.466. The fourth-order valence-electron chi connectivity index (χ4n) is 1.33. The van der Waals surface area contributed by atoms with Crippen LogP contribution in [0, 0.1) is 0 Å². The van der Waals surface area contributed by atoms with E-state index >= 15 is 0 Å². The molecule has 0 amide bonds. The zero-order valence-corrected chi connectivity index (χ0v) is 9.21. The highest BCUT2D eigenvalue weighted by Gasteiger charge is 2.05. The summed E-state index contributed by atoms with van der Waals surface area (Å²) < 4.78 is 0. The predicted octanol–water partition coefficient (Wildman–Crippen LogP) is 1.82. The van der Waals surface area contributed by atoms with Crippen molar-refractivity contribution in [1.29, 1.82) is 0 Å². The van der Waals surface area contributed by atoms with Crippen LogP contribution < -0.4 is 5.32 Å². The molecule has 0 aliphatic carbocycles. The molecule has 0 aliphatic rings. The van der Waals surface area contributed by atoms with E-state index in [-0.39, 0.29) is 0 Å². The van der Waals surface area contributed by atoms with Crippen LogP contribution in [0.4, 0.5) is 0 Å². The van der Waals surface area contributed by atoms with E-state index in [0.29, 0.717) is 6.04 Å². The number of hydrogen-bond acceptors (Lipinski definition) is 2. The second-order valence-corrected chi connectivity index (χ2v) is 3.39. The van der Waals surface area contributed by atoms with Gasteiger partial charge in [0.1, 0.15) is 0 Å². The monoisotopic (exact) mass is 194 g/mol. The summed E-state index contributed by atoms with van der Waals surface area (Å²) in [7, 11) is 0. The molecule has 0 rings (SSSR count). The summed E-state index contributed by atoms with van der Waals surface area (Å²) in [5.74, 6) is 0. The van der Waals surface area contributed by atoms with Gasteiger partial charge in [0.2, 0.25) is 0 Å². The van der Waals surface area contributed by atoms with Gasteiger partial charge in [-0.25, -0.2) is 0 Å². The molecule has 0 spiro atoms. The molecule has 0 heterocycles. The molecule has 2 heteroatoms. The van der Waals surface area contributed by atoms with E-state index in [1.54, 1.807) is 0 Å². The normalized spacial score (nSPS) is 12.4. The van der Waals surface area contributed by atoms with Crippen molar-refractivity contribution in [2.75, 3.05) is 26.2 Å². The molecule has 0 fully saturated rings. The van der Waals surface area contributed by atoms with E-state index in [4.69, 9.17) is 0 Å². The summed E-state index contributed by atoms with van der Waals surface area (Å²) in [5, 5.41) is 3.35. The zero-order valence-electron chi connectivity index (χ0n) is 9.21. The van der Waals surface area contributed by atoms with Gasteiger partial charge >= 0.3 is 0 Å². The van der Waals surface area contributed by atoms with Crippen molar-refractivity contribution >= 4 is 0 Å². The van der Waals surface area contributed by atoms with E-state index in [1.807, 2.05) is 18.2 Å². The lowest BCUT2D eigenvalue weighted by Crippen LogP contribution is -2.39. The van der Waals surface area contributed by atoms with Crippen molar-refractivity contribution in [1.82, 2.24) is 10.2 Å². The van der Waals surface area contributed by atoms with Crippen molar-refractivity contribution < 1.29 is 0 Å². The maximum atomic E-state index is 3.74. The van der Waals surface area contributed by atoms with Gasteiger partial charge in [-0.3, -0.25) is 4.90 Å². The lowest BCUT2D eigenvalue weighted by atomic mass is 10.3. The van der Waals surface area contributed by atoms with Gasteiger partial charge < -0.3 is 5.32 Å². The largest absolute Gasteiger partial charge is 0.310 e. The molecule has 2 nitrogen and oxygen atoms in total. The number of nitrogens with one attached hydrogen (secondary N) is 1. The van der Waals surface area contributed by atoms with Crippen molar-refractivity contribution in [3.8, 4) is 0 Å². The van der Waals surface area contributed by atoms with Crippen LogP contribution in [0.5, 0.6) is 0 Å². The van der Waals surface area contributed by atoms with E-state index in [9.17, 15) is 0 Å². The van der Waals surface area contributed by atoms with Gasteiger partial charge in [-0.15, -0.1) is 19.7 Å². The van der Waals surface area contributed by atoms with Gasteiger partial charge in [-0.2, -0.15) is 0 Å². The SMILES string of the molecule is C=CCNC(C)CN(CC=C)CC=C. The van der Waals surface area contributed by atoms with Crippen molar-refractivity contribution in [2.24, 2.45) is 0 Å². The Labute approximate surface area is 88.0 Å². The first kappa shape index (κ1) is 13.1. The average Bonchev–Trinajstić information content (AvgIpc) is 2.15. The summed E-state index contributed by atoms with van der Waals surface area (Å²) in [5.41, 5.74) is 0. The Morgan fingerprint density at radius 1 is 1.14 bits per heavy atom. The molecule has 0 aliphatic heterocycles. The molecule has 1 atom stereocenters. The third kappa shape index (κ3) is 6.63. The molecule has 0 saturated heterocycles. The van der Waals surface area contributed by atoms with Gasteiger partial charge in [0.05, 0.1) is 0 Å². The minimum Gasteiger partial charge on any atom is -0.310 e. The molecule has 0 radical (unpaired) electrons. The zero-order chi connectivity index (χ0) is 10.8. The Morgan fingerprint density at radius 2 is 1.71 bits per heavy atom. The van der Waals surface area contributed by atoms with Crippen LogP contribution in [0.1, 0.15) is 6.92 Å². The molecule has 1 unspecified atom stereocenters. The summed E-state index contributed by atoms with van der Waals surface area (Å²) in [4.78, 5) is 2.29. The number of nitrogens with zero attached hydrogens (tertiary/aromatic N) is 1. The van der Waals surface area contributed by atoms with E-state index < -0.39 is 0 Å². The van der Waals surface area contributed by atoms with Crippen LogP contribution in [0.3, 0.4) is 0 Å². The fourth-order valence-corrected chi connectivity index (χ4v) is 1.33. The Bertz CT molecular complexity index is 165. The Kier molecular flexibility index (Phi) is 8.19. The molecule has 80 valence electrons. The second kappa shape index (κ2) is 8.73. The highest BCUT2D eigenvalue weighted by Crippen LogP contribution is 1.93. The summed E-state index contributed by atoms with van der Waals surface area (Å²) in [6, 6.07) is 0.466. The molecular formula is C12H22N2. The van der Waals surface area contributed by atoms with Gasteiger partial charge in [0.25, 0.3) is 0 Å². The van der Waals surface area contributed by atoms with Crippen molar-refractivity contribution in [3.63, 3.8) is 0 Å². The first-order chi connectivity index (χ1) is 6.74. The maximum Gasteiger partial charge on any atom is 0.0169 e. The minimum atomic E-state index is 0.466. The molecule has 0 aromatic rings. The van der Waals surface area contributed by atoms with Crippen LogP contribution in [-0.2, 0) is 0 Å². The fraction of sp³-hybridized carbons (Fsp3) is 0.500. The van der Waals surface area contributed by atoms with Crippen molar-refractivity contribution in [2.45, 2.75) is 13.0 Å². The molecule has 0 saturated carbocycles. The maximum absolute atomic E-state index is 3.74. The molecule has 1 N–H and O–H groups in total. The molecule has 0 aromatic heterocycles. The van der Waals surface area contributed by atoms with Gasteiger partial charge in [0.15, 0.2) is 0 Å². The standard InChI is InChI=1S/C12H22N2/c1-5-8-13-12(4)11-14(9-6-2)10-7-3/h5-7,12-13H,1-3,8-11H2,4H3. The van der Waals surface area contributed by atoms with E-state index in [0.717, 1.165) is 26.2 Å². The van der Waals surface area contributed by atoms with Gasteiger partial charge in [0, 0.05) is 32.2 Å². The van der Waals surface area contributed by atoms with Crippen LogP contribution in [-0.4, -0.2) is 37.1 Å². The number of hydrogen-bond donors (Lipinski definition) is 1. The molecule has 14 heavy (non-hydrogen) atoms. The molecular weight excluding hydrogens is 172 g/mol. The molecule has 0 aromatic carbocycles. The first-order valence-electron chi connectivity index (χ1n) is 5.03. The summed E-state index contributed by atoms with van der Waals surface area (Å²) in [6.45, 7) is 17.0. The number of rotatable bonds is 9. The highest BCUT2D eigenvalue weighted by atomic mass is 15.1. The quantitative estimate of drug-likeness (QED) is 0.563. The third-order valence-corrected chi connectivity index (χ3v) is 1.92. The van der Waals surface area contributed by atoms with Crippen LogP contribution >= 0.6 is 0 Å². The van der Waals surface area contributed by atoms with E-state index in [1.165, 1.54) is 0 Å². The Morgan fingerprint density at radius 3 is 2.14 bits per heavy atom. The Balaban J connectivity index is 3.80. The first-order valence-corrected chi connectivity index (χ1v) is 5.03. The lowest BCUT2D eigenvalue weighted by molar-refractivity contribution is 0.300. The third-order valence-electron chi connectivity index (χ3n) is 1.92. The van der Waals surface area contributed by atoms with Gasteiger partial charge in [-0.05, 0) is 6.92 Å². The highest BCUT2D eigenvalue weighted by molar-refractivity contribution is 4.82. The molecule has 0 bridgehead atoms. The predicted molar refractivity (Wildman–Crippen MR) is 64.5 cm³/mol. The van der Waals surface area contributed by atoms with Crippen LogP contribution in [0.15, 0.2) is 38.0 Å². The van der Waals surface area contributed by atoms with Crippen molar-refractivity contribution in [3.05, 3.63) is 38.0 Å². The average molecular weight is 194 g/mol. The topological polar surface area (TPSA) is 15.3 Å².